The second kappa shape index (κ2) is 4.96. The number of benzene rings is 1. The van der Waals surface area contributed by atoms with E-state index in [0.717, 1.165) is 11.3 Å². The van der Waals surface area contributed by atoms with E-state index in [1.165, 1.54) is 6.26 Å². The molecule has 96 valence electrons. The summed E-state index contributed by atoms with van der Waals surface area (Å²) in [6.45, 7) is 1.83. The number of hydrogen-bond donors (Lipinski definition) is 1. The van der Waals surface area contributed by atoms with Crippen molar-refractivity contribution in [3.8, 4) is 5.69 Å². The Balaban J connectivity index is 2.28. The first kappa shape index (κ1) is 12.9. The van der Waals surface area contributed by atoms with Gasteiger partial charge in [0, 0.05) is 24.1 Å². The molecule has 0 saturated heterocycles. The van der Waals surface area contributed by atoms with Crippen molar-refractivity contribution < 1.29 is 8.42 Å². The van der Waals surface area contributed by atoms with Crippen LogP contribution in [-0.4, -0.2) is 19.2 Å². The fraction of sp³-hybridized carbons (Fsp3) is 0.231. The zero-order valence-corrected chi connectivity index (χ0v) is 11.2. The lowest BCUT2D eigenvalue weighted by molar-refractivity contribution is 0.573. The SMILES string of the molecule is C[C@H](NS(C)(=O)=O)c1cccc(-n2cccc2)c1. The Hall–Kier alpha value is -1.59. The predicted octanol–water partition coefficient (Wildman–Crippen LogP) is 2.09. The molecular weight excluding hydrogens is 248 g/mol. The van der Waals surface area contributed by atoms with Gasteiger partial charge in [-0.2, -0.15) is 0 Å². The third kappa shape index (κ3) is 3.21. The predicted molar refractivity (Wildman–Crippen MR) is 72.2 cm³/mol. The van der Waals surface area contributed by atoms with Gasteiger partial charge in [0.25, 0.3) is 0 Å². The van der Waals surface area contributed by atoms with Gasteiger partial charge in [-0.25, -0.2) is 13.1 Å². The smallest absolute Gasteiger partial charge is 0.209 e. The average molecular weight is 264 g/mol. The van der Waals surface area contributed by atoms with Gasteiger partial charge in [-0.05, 0) is 36.8 Å². The highest BCUT2D eigenvalue weighted by Crippen LogP contribution is 2.17. The van der Waals surface area contributed by atoms with Crippen molar-refractivity contribution in [1.29, 1.82) is 0 Å². The molecule has 18 heavy (non-hydrogen) atoms. The maximum Gasteiger partial charge on any atom is 0.209 e. The number of sulfonamides is 1. The minimum atomic E-state index is -3.19. The van der Waals surface area contributed by atoms with E-state index >= 15 is 0 Å². The maximum absolute atomic E-state index is 11.2. The Morgan fingerprint density at radius 2 is 1.83 bits per heavy atom. The molecule has 0 unspecified atom stereocenters. The van der Waals surface area contributed by atoms with Crippen molar-refractivity contribution in [2.45, 2.75) is 13.0 Å². The summed E-state index contributed by atoms with van der Waals surface area (Å²) < 4.78 is 27.0. The Morgan fingerprint density at radius 3 is 2.44 bits per heavy atom. The Morgan fingerprint density at radius 1 is 1.17 bits per heavy atom. The van der Waals surface area contributed by atoms with E-state index in [1.54, 1.807) is 0 Å². The van der Waals surface area contributed by atoms with E-state index in [-0.39, 0.29) is 6.04 Å². The summed E-state index contributed by atoms with van der Waals surface area (Å²) in [5.74, 6) is 0. The van der Waals surface area contributed by atoms with Crippen LogP contribution in [0.5, 0.6) is 0 Å². The Bertz CT molecular complexity index is 618. The molecular formula is C13H16N2O2S. The van der Waals surface area contributed by atoms with E-state index in [1.807, 2.05) is 60.3 Å². The molecule has 2 rings (SSSR count). The van der Waals surface area contributed by atoms with Gasteiger partial charge in [-0.1, -0.05) is 12.1 Å². The molecule has 0 amide bonds. The Labute approximate surface area is 107 Å². The molecule has 0 aliphatic heterocycles. The van der Waals surface area contributed by atoms with Crippen LogP contribution >= 0.6 is 0 Å². The molecule has 1 aromatic carbocycles. The highest BCUT2D eigenvalue weighted by atomic mass is 32.2. The number of rotatable bonds is 4. The number of nitrogens with zero attached hydrogens (tertiary/aromatic N) is 1. The topological polar surface area (TPSA) is 51.1 Å². The van der Waals surface area contributed by atoms with Crippen LogP contribution in [-0.2, 0) is 10.0 Å². The molecule has 2 aromatic rings. The number of hydrogen-bond acceptors (Lipinski definition) is 2. The van der Waals surface area contributed by atoms with E-state index < -0.39 is 10.0 Å². The third-order valence-electron chi connectivity index (χ3n) is 2.66. The molecule has 0 fully saturated rings. The molecule has 1 aromatic heterocycles. The molecule has 4 nitrogen and oxygen atoms in total. The summed E-state index contributed by atoms with van der Waals surface area (Å²) in [4.78, 5) is 0. The van der Waals surface area contributed by atoms with Crippen LogP contribution < -0.4 is 4.72 Å². The van der Waals surface area contributed by atoms with E-state index in [2.05, 4.69) is 4.72 Å². The van der Waals surface area contributed by atoms with E-state index in [4.69, 9.17) is 0 Å². The maximum atomic E-state index is 11.2. The fourth-order valence-corrected chi connectivity index (χ4v) is 2.63. The zero-order valence-electron chi connectivity index (χ0n) is 10.4. The first-order chi connectivity index (χ1) is 8.46. The van der Waals surface area contributed by atoms with Crippen LogP contribution in [0.4, 0.5) is 0 Å². The average Bonchev–Trinajstić information content (AvgIpc) is 2.80. The first-order valence-electron chi connectivity index (χ1n) is 5.66. The van der Waals surface area contributed by atoms with Crippen molar-refractivity contribution in [3.05, 3.63) is 54.4 Å². The van der Waals surface area contributed by atoms with Crippen LogP contribution in [0, 0.1) is 0 Å². The van der Waals surface area contributed by atoms with Crippen LogP contribution in [0.25, 0.3) is 5.69 Å². The summed E-state index contributed by atoms with van der Waals surface area (Å²) in [6.07, 6.45) is 5.07. The summed E-state index contributed by atoms with van der Waals surface area (Å²) in [6, 6.07) is 11.5. The van der Waals surface area contributed by atoms with Gasteiger partial charge < -0.3 is 4.57 Å². The van der Waals surface area contributed by atoms with Gasteiger partial charge in [0.15, 0.2) is 0 Å². The minimum absolute atomic E-state index is 0.240. The molecule has 1 heterocycles. The van der Waals surface area contributed by atoms with Crippen LogP contribution in [0.3, 0.4) is 0 Å². The van der Waals surface area contributed by atoms with Crippen molar-refractivity contribution in [1.82, 2.24) is 9.29 Å². The summed E-state index contributed by atoms with van der Waals surface area (Å²) >= 11 is 0. The molecule has 0 aliphatic rings. The fourth-order valence-electron chi connectivity index (χ4n) is 1.85. The summed E-state index contributed by atoms with van der Waals surface area (Å²) in [5.41, 5.74) is 1.95. The highest BCUT2D eigenvalue weighted by Gasteiger charge is 2.11. The lowest BCUT2D eigenvalue weighted by atomic mass is 10.1. The van der Waals surface area contributed by atoms with Gasteiger partial charge in [-0.15, -0.1) is 0 Å². The summed E-state index contributed by atoms with van der Waals surface area (Å²) in [5, 5.41) is 0. The molecule has 0 aliphatic carbocycles. The normalized spacial score (nSPS) is 13.4. The largest absolute Gasteiger partial charge is 0.324 e. The molecule has 1 N–H and O–H groups in total. The first-order valence-corrected chi connectivity index (χ1v) is 7.55. The van der Waals surface area contributed by atoms with Crippen LogP contribution in [0.15, 0.2) is 48.8 Å². The van der Waals surface area contributed by atoms with Crippen molar-refractivity contribution in [2.24, 2.45) is 0 Å². The second-order valence-electron chi connectivity index (χ2n) is 4.30. The molecule has 0 saturated carbocycles. The second-order valence-corrected chi connectivity index (χ2v) is 6.08. The number of aromatic nitrogens is 1. The Kier molecular flexibility index (Phi) is 3.54. The zero-order chi connectivity index (χ0) is 13.2. The quantitative estimate of drug-likeness (QED) is 0.919. The number of nitrogens with one attached hydrogen (secondary N) is 1. The van der Waals surface area contributed by atoms with Crippen LogP contribution in [0.2, 0.25) is 0 Å². The van der Waals surface area contributed by atoms with Crippen molar-refractivity contribution >= 4 is 10.0 Å². The van der Waals surface area contributed by atoms with Gasteiger partial charge in [0.05, 0.1) is 6.26 Å². The highest BCUT2D eigenvalue weighted by molar-refractivity contribution is 7.88. The lowest BCUT2D eigenvalue weighted by Gasteiger charge is -2.14. The summed E-state index contributed by atoms with van der Waals surface area (Å²) in [7, 11) is -3.19. The van der Waals surface area contributed by atoms with E-state index in [9.17, 15) is 8.42 Å². The van der Waals surface area contributed by atoms with Crippen molar-refractivity contribution in [2.75, 3.05) is 6.26 Å². The monoisotopic (exact) mass is 264 g/mol. The molecule has 5 heteroatoms. The van der Waals surface area contributed by atoms with Gasteiger partial charge in [-0.3, -0.25) is 0 Å². The molecule has 0 spiro atoms. The molecule has 0 radical (unpaired) electrons. The molecule has 0 bridgehead atoms. The third-order valence-corrected chi connectivity index (χ3v) is 3.45. The van der Waals surface area contributed by atoms with Gasteiger partial charge >= 0.3 is 0 Å². The van der Waals surface area contributed by atoms with E-state index in [0.29, 0.717) is 0 Å². The lowest BCUT2D eigenvalue weighted by Crippen LogP contribution is -2.25. The molecule has 1 atom stereocenters. The van der Waals surface area contributed by atoms with Crippen molar-refractivity contribution in [3.63, 3.8) is 0 Å². The van der Waals surface area contributed by atoms with Gasteiger partial charge in [0.1, 0.15) is 0 Å². The van der Waals surface area contributed by atoms with Gasteiger partial charge in [0.2, 0.25) is 10.0 Å². The standard InChI is InChI=1S/C13H16N2O2S/c1-11(14-18(2,16)17)12-6-5-7-13(10-12)15-8-3-4-9-15/h3-11,14H,1-2H3/t11-/m0/s1. The minimum Gasteiger partial charge on any atom is -0.324 e. The van der Waals surface area contributed by atoms with Crippen LogP contribution in [0.1, 0.15) is 18.5 Å².